The first-order valence-electron chi connectivity index (χ1n) is 7.39. The minimum absolute atomic E-state index is 0.598. The Balaban J connectivity index is 1.86. The molecule has 1 N–H and O–H groups in total. The second kappa shape index (κ2) is 7.93. The second-order valence-corrected chi connectivity index (χ2v) is 6.56. The molecule has 0 bridgehead atoms. The predicted octanol–water partition coefficient (Wildman–Crippen LogP) is 2.95. The number of rotatable bonds is 6. The van der Waals surface area contributed by atoms with Gasteiger partial charge in [0, 0.05) is 37.7 Å². The van der Waals surface area contributed by atoms with Gasteiger partial charge < -0.3 is 5.32 Å². The van der Waals surface area contributed by atoms with Crippen molar-refractivity contribution < 1.29 is 0 Å². The number of nitrogens with zero attached hydrogens (tertiary/aromatic N) is 1. The Morgan fingerprint density at radius 2 is 1.89 bits per heavy atom. The van der Waals surface area contributed by atoms with E-state index >= 15 is 0 Å². The number of likely N-dealkylation sites (N-methyl/N-ethyl adjacent to an activating group) is 1. The van der Waals surface area contributed by atoms with Gasteiger partial charge in [-0.25, -0.2) is 0 Å². The van der Waals surface area contributed by atoms with Gasteiger partial charge in [0.15, 0.2) is 0 Å². The zero-order valence-corrected chi connectivity index (χ0v) is 13.0. The molecule has 19 heavy (non-hydrogen) atoms. The molecule has 0 radical (unpaired) electrons. The molecule has 1 aromatic carbocycles. The molecular weight excluding hydrogens is 252 g/mol. The highest BCUT2D eigenvalue weighted by molar-refractivity contribution is 7.99. The van der Waals surface area contributed by atoms with Crippen LogP contribution in [-0.4, -0.2) is 42.6 Å². The van der Waals surface area contributed by atoms with Gasteiger partial charge in [0.05, 0.1) is 0 Å². The van der Waals surface area contributed by atoms with Crippen LogP contribution in [-0.2, 0) is 6.54 Å². The van der Waals surface area contributed by atoms with Gasteiger partial charge in [-0.2, -0.15) is 11.8 Å². The SMILES string of the molecule is CCNCC(C)c1ccc(CN2CCSCC2)cc1. The van der Waals surface area contributed by atoms with E-state index < -0.39 is 0 Å². The van der Waals surface area contributed by atoms with Crippen LogP contribution in [0.4, 0.5) is 0 Å². The van der Waals surface area contributed by atoms with Crippen molar-refractivity contribution in [1.82, 2.24) is 10.2 Å². The quantitative estimate of drug-likeness (QED) is 0.861. The van der Waals surface area contributed by atoms with Crippen molar-refractivity contribution in [3.05, 3.63) is 35.4 Å². The Bertz CT molecular complexity index is 358. The van der Waals surface area contributed by atoms with E-state index in [1.165, 1.54) is 35.7 Å². The third-order valence-corrected chi connectivity index (χ3v) is 4.70. The van der Waals surface area contributed by atoms with Gasteiger partial charge in [0.25, 0.3) is 0 Å². The van der Waals surface area contributed by atoms with Crippen molar-refractivity contribution in [2.24, 2.45) is 0 Å². The Morgan fingerprint density at radius 3 is 2.53 bits per heavy atom. The van der Waals surface area contributed by atoms with Crippen molar-refractivity contribution in [2.75, 3.05) is 37.7 Å². The largest absolute Gasteiger partial charge is 0.316 e. The summed E-state index contributed by atoms with van der Waals surface area (Å²) in [5, 5.41) is 3.42. The third kappa shape index (κ3) is 4.83. The Labute approximate surface area is 122 Å². The maximum atomic E-state index is 3.42. The fraction of sp³-hybridized carbons (Fsp3) is 0.625. The summed E-state index contributed by atoms with van der Waals surface area (Å²) in [6, 6.07) is 9.21. The molecule has 0 aromatic heterocycles. The van der Waals surface area contributed by atoms with Crippen LogP contribution in [0.3, 0.4) is 0 Å². The van der Waals surface area contributed by atoms with Gasteiger partial charge in [-0.05, 0) is 23.6 Å². The Hall–Kier alpha value is -0.510. The van der Waals surface area contributed by atoms with E-state index in [0.717, 1.165) is 19.6 Å². The molecule has 0 spiro atoms. The molecule has 1 atom stereocenters. The molecule has 1 fully saturated rings. The number of benzene rings is 1. The van der Waals surface area contributed by atoms with Crippen molar-refractivity contribution in [1.29, 1.82) is 0 Å². The highest BCUT2D eigenvalue weighted by atomic mass is 32.2. The average Bonchev–Trinajstić information content (AvgIpc) is 2.46. The Morgan fingerprint density at radius 1 is 1.21 bits per heavy atom. The van der Waals surface area contributed by atoms with E-state index in [9.17, 15) is 0 Å². The molecule has 106 valence electrons. The lowest BCUT2D eigenvalue weighted by atomic mass is 9.99. The number of hydrogen-bond acceptors (Lipinski definition) is 3. The first kappa shape index (κ1) is 14.9. The molecule has 1 aliphatic rings. The van der Waals surface area contributed by atoms with Crippen molar-refractivity contribution >= 4 is 11.8 Å². The molecular formula is C16H26N2S. The van der Waals surface area contributed by atoms with E-state index in [2.05, 4.69) is 60.1 Å². The molecule has 1 aromatic rings. The van der Waals surface area contributed by atoms with Crippen molar-refractivity contribution in [3.63, 3.8) is 0 Å². The summed E-state index contributed by atoms with van der Waals surface area (Å²) in [6.07, 6.45) is 0. The number of nitrogens with one attached hydrogen (secondary N) is 1. The topological polar surface area (TPSA) is 15.3 Å². The first-order chi connectivity index (χ1) is 9.29. The molecule has 1 aliphatic heterocycles. The maximum absolute atomic E-state index is 3.42. The summed E-state index contributed by atoms with van der Waals surface area (Å²) >= 11 is 2.07. The highest BCUT2D eigenvalue weighted by Crippen LogP contribution is 2.17. The molecule has 1 unspecified atom stereocenters. The van der Waals surface area contributed by atoms with Gasteiger partial charge in [0.2, 0.25) is 0 Å². The summed E-state index contributed by atoms with van der Waals surface area (Å²) in [4.78, 5) is 2.56. The van der Waals surface area contributed by atoms with E-state index in [-0.39, 0.29) is 0 Å². The van der Waals surface area contributed by atoms with E-state index in [1.807, 2.05) is 0 Å². The lowest BCUT2D eigenvalue weighted by Crippen LogP contribution is -2.31. The van der Waals surface area contributed by atoms with E-state index in [1.54, 1.807) is 0 Å². The molecule has 3 heteroatoms. The van der Waals surface area contributed by atoms with Crippen molar-refractivity contribution in [2.45, 2.75) is 26.3 Å². The van der Waals surface area contributed by atoms with Crippen LogP contribution < -0.4 is 5.32 Å². The molecule has 0 saturated carbocycles. The van der Waals surface area contributed by atoms with Gasteiger partial charge in [0.1, 0.15) is 0 Å². The molecule has 0 amide bonds. The molecule has 0 aliphatic carbocycles. The zero-order chi connectivity index (χ0) is 13.5. The smallest absolute Gasteiger partial charge is 0.0234 e. The Kier molecular flexibility index (Phi) is 6.21. The van der Waals surface area contributed by atoms with Crippen LogP contribution in [0.25, 0.3) is 0 Å². The number of thioether (sulfide) groups is 1. The normalized spacial score (nSPS) is 18.4. The first-order valence-corrected chi connectivity index (χ1v) is 8.54. The number of hydrogen-bond donors (Lipinski definition) is 1. The minimum Gasteiger partial charge on any atom is -0.316 e. The van der Waals surface area contributed by atoms with Crippen LogP contribution in [0.5, 0.6) is 0 Å². The summed E-state index contributed by atoms with van der Waals surface area (Å²) in [5.41, 5.74) is 2.89. The van der Waals surface area contributed by atoms with Crippen LogP contribution in [0.15, 0.2) is 24.3 Å². The molecule has 1 heterocycles. The van der Waals surface area contributed by atoms with Crippen molar-refractivity contribution in [3.8, 4) is 0 Å². The zero-order valence-electron chi connectivity index (χ0n) is 12.2. The average molecular weight is 278 g/mol. The maximum Gasteiger partial charge on any atom is 0.0234 e. The van der Waals surface area contributed by atoms with Crippen LogP contribution in [0.1, 0.15) is 30.9 Å². The third-order valence-electron chi connectivity index (χ3n) is 3.76. The van der Waals surface area contributed by atoms with Gasteiger partial charge in [-0.15, -0.1) is 0 Å². The second-order valence-electron chi connectivity index (χ2n) is 5.34. The fourth-order valence-corrected chi connectivity index (χ4v) is 3.43. The van der Waals surface area contributed by atoms with Crippen LogP contribution in [0.2, 0.25) is 0 Å². The molecule has 2 nitrogen and oxygen atoms in total. The summed E-state index contributed by atoms with van der Waals surface area (Å²) in [6.45, 7) is 10.2. The van der Waals surface area contributed by atoms with Crippen LogP contribution >= 0.6 is 11.8 Å². The van der Waals surface area contributed by atoms with Gasteiger partial charge in [-0.1, -0.05) is 38.1 Å². The molecule has 2 rings (SSSR count). The lowest BCUT2D eigenvalue weighted by molar-refractivity contribution is 0.294. The predicted molar refractivity (Wildman–Crippen MR) is 86.0 cm³/mol. The minimum atomic E-state index is 0.598. The standard InChI is InChI=1S/C16H26N2S/c1-3-17-12-14(2)16-6-4-15(5-7-16)13-18-8-10-19-11-9-18/h4-7,14,17H,3,8-13H2,1-2H3. The highest BCUT2D eigenvalue weighted by Gasteiger charge is 2.11. The van der Waals surface area contributed by atoms with Crippen LogP contribution in [0, 0.1) is 0 Å². The van der Waals surface area contributed by atoms with E-state index in [0.29, 0.717) is 5.92 Å². The summed E-state index contributed by atoms with van der Waals surface area (Å²) < 4.78 is 0. The van der Waals surface area contributed by atoms with E-state index in [4.69, 9.17) is 0 Å². The lowest BCUT2D eigenvalue weighted by Gasteiger charge is -2.26. The van der Waals surface area contributed by atoms with Gasteiger partial charge in [-0.3, -0.25) is 4.90 Å². The fourth-order valence-electron chi connectivity index (χ4n) is 2.45. The van der Waals surface area contributed by atoms with Gasteiger partial charge >= 0.3 is 0 Å². The monoisotopic (exact) mass is 278 g/mol. The summed E-state index contributed by atoms with van der Waals surface area (Å²) in [7, 11) is 0. The summed E-state index contributed by atoms with van der Waals surface area (Å²) in [5.74, 6) is 3.18. The molecule has 1 saturated heterocycles.